The lowest BCUT2D eigenvalue weighted by Gasteiger charge is -2.22. The summed E-state index contributed by atoms with van der Waals surface area (Å²) >= 11 is 0. The normalized spacial score (nSPS) is 16.8. The van der Waals surface area contributed by atoms with Crippen LogP contribution in [-0.4, -0.2) is 28.2 Å². The lowest BCUT2D eigenvalue weighted by Crippen LogP contribution is -2.36. The van der Waals surface area contributed by atoms with Gasteiger partial charge in [-0.2, -0.15) is 0 Å². The molecule has 0 aliphatic heterocycles. The molecule has 0 aromatic heterocycles. The van der Waals surface area contributed by atoms with Crippen LogP contribution in [0, 0.1) is 0 Å². The molecule has 0 amide bonds. The second-order valence-electron chi connectivity index (χ2n) is 3.75. The van der Waals surface area contributed by atoms with Crippen LogP contribution in [-0.2, 0) is 4.79 Å². The second-order valence-corrected chi connectivity index (χ2v) is 3.75. The Hall–Kier alpha value is -1.19. The van der Waals surface area contributed by atoms with Crippen LogP contribution in [0.2, 0.25) is 0 Å². The summed E-state index contributed by atoms with van der Waals surface area (Å²) in [5.41, 5.74) is 0.908. The van der Waals surface area contributed by atoms with Crippen LogP contribution < -0.4 is 0 Å². The Morgan fingerprint density at radius 3 is 2.20 bits per heavy atom. The van der Waals surface area contributed by atoms with E-state index in [4.69, 9.17) is 0 Å². The van der Waals surface area contributed by atoms with Gasteiger partial charge in [0.2, 0.25) is 0 Å². The highest BCUT2D eigenvalue weighted by Gasteiger charge is 2.26. The van der Waals surface area contributed by atoms with Gasteiger partial charge < -0.3 is 10.2 Å². The van der Waals surface area contributed by atoms with Crippen LogP contribution >= 0.6 is 0 Å². The van der Waals surface area contributed by atoms with Gasteiger partial charge in [-0.25, -0.2) is 0 Å². The molecule has 0 radical (unpaired) electrons. The number of benzene rings is 1. The molecule has 0 aliphatic carbocycles. The van der Waals surface area contributed by atoms with Crippen LogP contribution in [0.5, 0.6) is 0 Å². The molecular formula is C12H16O3. The van der Waals surface area contributed by atoms with Gasteiger partial charge in [-0.05, 0) is 12.5 Å². The van der Waals surface area contributed by atoms with Gasteiger partial charge in [0, 0.05) is 5.92 Å². The van der Waals surface area contributed by atoms with Crippen molar-refractivity contribution in [3.05, 3.63) is 35.9 Å². The molecule has 0 spiro atoms. The van der Waals surface area contributed by atoms with Crippen LogP contribution in [0.4, 0.5) is 0 Å². The third kappa shape index (κ3) is 2.88. The zero-order chi connectivity index (χ0) is 11.4. The number of hydrogen-bond donors (Lipinski definition) is 2. The standard InChI is InChI=1S/C12H16O3/c1-8(10-6-4-3-5-7-10)11(14)12(15)9(2)13/h3-8,11-12,14-15H,1-2H3/t8-,11+,12-/m1/s1. The number of aliphatic hydroxyl groups is 2. The van der Waals surface area contributed by atoms with Crippen molar-refractivity contribution in [3.8, 4) is 0 Å². The Bertz CT molecular complexity index is 321. The number of carbonyl (C=O) groups is 1. The predicted molar refractivity (Wildman–Crippen MR) is 57.6 cm³/mol. The highest BCUT2D eigenvalue weighted by atomic mass is 16.3. The van der Waals surface area contributed by atoms with Crippen LogP contribution in [0.1, 0.15) is 25.3 Å². The molecular weight excluding hydrogens is 192 g/mol. The monoisotopic (exact) mass is 208 g/mol. The number of hydrogen-bond acceptors (Lipinski definition) is 3. The summed E-state index contributed by atoms with van der Waals surface area (Å²) in [6.07, 6.45) is -2.36. The summed E-state index contributed by atoms with van der Waals surface area (Å²) in [4.78, 5) is 10.9. The zero-order valence-corrected chi connectivity index (χ0v) is 8.92. The molecule has 0 aliphatic rings. The first-order chi connectivity index (χ1) is 7.04. The maximum atomic E-state index is 10.9. The minimum atomic E-state index is -1.31. The first-order valence-corrected chi connectivity index (χ1v) is 4.95. The van der Waals surface area contributed by atoms with Crippen molar-refractivity contribution >= 4 is 5.78 Å². The van der Waals surface area contributed by atoms with Gasteiger partial charge in [0.1, 0.15) is 6.10 Å². The molecule has 0 heterocycles. The van der Waals surface area contributed by atoms with E-state index in [1.54, 1.807) is 6.92 Å². The summed E-state index contributed by atoms with van der Waals surface area (Å²) in [5, 5.41) is 19.2. The van der Waals surface area contributed by atoms with Crippen molar-refractivity contribution in [2.45, 2.75) is 32.0 Å². The molecule has 0 saturated heterocycles. The van der Waals surface area contributed by atoms with E-state index in [0.29, 0.717) is 0 Å². The van der Waals surface area contributed by atoms with E-state index in [2.05, 4.69) is 0 Å². The fraction of sp³-hybridized carbons (Fsp3) is 0.417. The summed E-state index contributed by atoms with van der Waals surface area (Å²) in [6, 6.07) is 9.32. The first kappa shape index (κ1) is 11.9. The smallest absolute Gasteiger partial charge is 0.160 e. The quantitative estimate of drug-likeness (QED) is 0.779. The van der Waals surface area contributed by atoms with E-state index in [1.807, 2.05) is 30.3 Å². The molecule has 0 unspecified atom stereocenters. The minimum Gasteiger partial charge on any atom is -0.389 e. The van der Waals surface area contributed by atoms with Gasteiger partial charge in [-0.15, -0.1) is 0 Å². The molecule has 3 atom stereocenters. The maximum Gasteiger partial charge on any atom is 0.160 e. The summed E-state index contributed by atoms with van der Waals surface area (Å²) in [5.74, 6) is -0.671. The predicted octanol–water partition coefficient (Wildman–Crippen LogP) is 1.10. The largest absolute Gasteiger partial charge is 0.389 e. The lowest BCUT2D eigenvalue weighted by molar-refractivity contribution is -0.131. The molecule has 0 bridgehead atoms. The van der Waals surface area contributed by atoms with Gasteiger partial charge in [0.15, 0.2) is 5.78 Å². The van der Waals surface area contributed by atoms with Crippen LogP contribution in [0.15, 0.2) is 30.3 Å². The molecule has 15 heavy (non-hydrogen) atoms. The number of ketones is 1. The molecule has 2 N–H and O–H groups in total. The second kappa shape index (κ2) is 5.05. The Morgan fingerprint density at radius 2 is 1.73 bits per heavy atom. The Balaban J connectivity index is 2.77. The fourth-order valence-corrected chi connectivity index (χ4v) is 1.47. The van der Waals surface area contributed by atoms with Crippen molar-refractivity contribution in [2.24, 2.45) is 0 Å². The Labute approximate surface area is 89.4 Å². The topological polar surface area (TPSA) is 57.5 Å². The molecule has 3 heteroatoms. The van der Waals surface area contributed by atoms with E-state index in [1.165, 1.54) is 6.92 Å². The van der Waals surface area contributed by atoms with E-state index in [-0.39, 0.29) is 5.92 Å². The number of Topliss-reactive ketones (excluding diaryl/α,β-unsaturated/α-hetero) is 1. The molecule has 1 aromatic carbocycles. The number of aliphatic hydroxyl groups excluding tert-OH is 2. The number of rotatable bonds is 4. The summed E-state index contributed by atoms with van der Waals surface area (Å²) < 4.78 is 0. The molecule has 3 nitrogen and oxygen atoms in total. The zero-order valence-electron chi connectivity index (χ0n) is 8.92. The van der Waals surface area contributed by atoms with Crippen molar-refractivity contribution in [3.63, 3.8) is 0 Å². The summed E-state index contributed by atoms with van der Waals surface area (Å²) in [7, 11) is 0. The van der Waals surface area contributed by atoms with E-state index in [9.17, 15) is 15.0 Å². The third-order valence-electron chi connectivity index (χ3n) is 2.58. The van der Waals surface area contributed by atoms with Gasteiger partial charge in [-0.3, -0.25) is 4.79 Å². The fourth-order valence-electron chi connectivity index (χ4n) is 1.47. The van der Waals surface area contributed by atoms with Gasteiger partial charge in [-0.1, -0.05) is 37.3 Å². The average Bonchev–Trinajstić information content (AvgIpc) is 2.27. The third-order valence-corrected chi connectivity index (χ3v) is 2.58. The molecule has 0 fully saturated rings. The lowest BCUT2D eigenvalue weighted by atomic mass is 9.91. The molecule has 82 valence electrons. The SMILES string of the molecule is CC(=O)[C@@H](O)[C@@H](O)[C@H](C)c1ccccc1. The summed E-state index contributed by atoms with van der Waals surface area (Å²) in [6.45, 7) is 3.05. The van der Waals surface area contributed by atoms with Crippen molar-refractivity contribution in [1.29, 1.82) is 0 Å². The minimum absolute atomic E-state index is 0.259. The molecule has 1 aromatic rings. The average molecular weight is 208 g/mol. The number of carbonyl (C=O) groups excluding carboxylic acids is 1. The highest BCUT2D eigenvalue weighted by molar-refractivity contribution is 5.80. The van der Waals surface area contributed by atoms with E-state index in [0.717, 1.165) is 5.56 Å². The van der Waals surface area contributed by atoms with Crippen LogP contribution in [0.3, 0.4) is 0 Å². The molecule has 0 saturated carbocycles. The van der Waals surface area contributed by atoms with Gasteiger partial charge in [0.05, 0.1) is 6.10 Å². The van der Waals surface area contributed by atoms with E-state index >= 15 is 0 Å². The Kier molecular flexibility index (Phi) is 4.00. The molecule has 1 rings (SSSR count). The maximum absolute atomic E-state index is 10.9. The van der Waals surface area contributed by atoms with Crippen molar-refractivity contribution < 1.29 is 15.0 Å². The van der Waals surface area contributed by atoms with E-state index < -0.39 is 18.0 Å². The Morgan fingerprint density at radius 1 is 1.20 bits per heavy atom. The highest BCUT2D eigenvalue weighted by Crippen LogP contribution is 2.21. The first-order valence-electron chi connectivity index (χ1n) is 4.95. The van der Waals surface area contributed by atoms with Crippen LogP contribution in [0.25, 0.3) is 0 Å². The van der Waals surface area contributed by atoms with Crippen molar-refractivity contribution in [2.75, 3.05) is 0 Å². The van der Waals surface area contributed by atoms with Gasteiger partial charge >= 0.3 is 0 Å². The van der Waals surface area contributed by atoms with Gasteiger partial charge in [0.25, 0.3) is 0 Å². The van der Waals surface area contributed by atoms with Crippen molar-refractivity contribution in [1.82, 2.24) is 0 Å².